The van der Waals surface area contributed by atoms with Gasteiger partial charge in [-0.15, -0.1) is 0 Å². The van der Waals surface area contributed by atoms with E-state index >= 15 is 0 Å². The van der Waals surface area contributed by atoms with Crippen molar-refractivity contribution in [2.75, 3.05) is 6.61 Å². The van der Waals surface area contributed by atoms with Crippen LogP contribution in [0.5, 0.6) is 0 Å². The molecule has 0 atom stereocenters. The maximum atomic E-state index is 7.57. The van der Waals surface area contributed by atoms with E-state index in [4.69, 9.17) is 10.2 Å². The molecule has 0 fully saturated rings. The van der Waals surface area contributed by atoms with Gasteiger partial charge in [-0.1, -0.05) is 6.61 Å². The van der Waals surface area contributed by atoms with Gasteiger partial charge in [-0.25, -0.2) is 0 Å². The van der Waals surface area contributed by atoms with Crippen molar-refractivity contribution in [3.05, 3.63) is 6.61 Å². The molecular formula is C2H5LaMoO2-. The van der Waals surface area contributed by atoms with Crippen molar-refractivity contribution in [2.24, 2.45) is 0 Å². The molecule has 1 radical (unpaired) electrons. The molecule has 0 aromatic heterocycles. The fraction of sp³-hybridized carbons (Fsp3) is 0.500. The van der Waals surface area contributed by atoms with Crippen molar-refractivity contribution in [1.82, 2.24) is 0 Å². The van der Waals surface area contributed by atoms with Crippen molar-refractivity contribution in [3.8, 4) is 0 Å². The molecule has 0 aliphatic heterocycles. The third kappa shape index (κ3) is 17.0. The van der Waals surface area contributed by atoms with Gasteiger partial charge in [0.2, 0.25) is 0 Å². The Balaban J connectivity index is -0.0000000450. The van der Waals surface area contributed by atoms with Crippen LogP contribution in [0, 0.1) is 42.2 Å². The molecule has 6 heavy (non-hydrogen) atoms. The largest absolute Gasteiger partial charge is 0.564 e. The summed E-state index contributed by atoms with van der Waals surface area (Å²) in [5, 5.41) is 15.1. The fourth-order valence-corrected chi connectivity index (χ4v) is 0. The molecule has 0 rings (SSSR count). The second-order valence-electron chi connectivity index (χ2n) is 0.365. The SMILES string of the molecule is O[CH-]CO.[La].[Mo]. The summed E-state index contributed by atoms with van der Waals surface area (Å²) in [5.74, 6) is 0. The number of aliphatic hydroxyl groups is 2. The average molecular weight is 296 g/mol. The van der Waals surface area contributed by atoms with Crippen molar-refractivity contribution < 1.29 is 66.9 Å². The van der Waals surface area contributed by atoms with Crippen LogP contribution in [0.15, 0.2) is 0 Å². The van der Waals surface area contributed by atoms with Gasteiger partial charge in [-0.05, 0) is 0 Å². The summed E-state index contributed by atoms with van der Waals surface area (Å²) in [6.07, 6.45) is 0. The Bertz CT molecular complexity index is 13.5. The van der Waals surface area contributed by atoms with Gasteiger partial charge in [-0.3, -0.25) is 0 Å². The van der Waals surface area contributed by atoms with Gasteiger partial charge in [0.1, 0.15) is 0 Å². The van der Waals surface area contributed by atoms with E-state index in [2.05, 4.69) is 0 Å². The zero-order valence-corrected chi connectivity index (χ0v) is 8.80. The summed E-state index contributed by atoms with van der Waals surface area (Å²) in [6, 6.07) is 0. The molecule has 4 heteroatoms. The van der Waals surface area contributed by atoms with Crippen molar-refractivity contribution in [1.29, 1.82) is 0 Å². The van der Waals surface area contributed by atoms with E-state index in [0.29, 0.717) is 6.61 Å². The number of rotatable bonds is 1. The minimum absolute atomic E-state index is 0. The first kappa shape index (κ1) is 15.7. The molecule has 0 aliphatic rings. The number of hydrogen-bond acceptors (Lipinski definition) is 2. The maximum Gasteiger partial charge on any atom is 0 e. The van der Waals surface area contributed by atoms with E-state index in [1.807, 2.05) is 0 Å². The number of aliphatic hydroxyl groups excluding tert-OH is 2. The van der Waals surface area contributed by atoms with Gasteiger partial charge in [-0.2, -0.15) is 6.61 Å². The van der Waals surface area contributed by atoms with Gasteiger partial charge < -0.3 is 10.2 Å². The maximum absolute atomic E-state index is 7.57. The molecule has 0 saturated heterocycles. The minimum Gasteiger partial charge on any atom is -0.564 e. The van der Waals surface area contributed by atoms with Crippen molar-refractivity contribution in [3.63, 3.8) is 0 Å². The molecule has 0 heterocycles. The molecular weight excluding hydrogens is 291 g/mol. The molecule has 0 bridgehead atoms. The Morgan fingerprint density at radius 2 is 1.67 bits per heavy atom. The van der Waals surface area contributed by atoms with E-state index < -0.39 is 0 Å². The summed E-state index contributed by atoms with van der Waals surface area (Å²) in [4.78, 5) is 0. The normalized spacial score (nSPS) is 5.00. The van der Waals surface area contributed by atoms with Gasteiger partial charge in [0.05, 0.1) is 0 Å². The summed E-state index contributed by atoms with van der Waals surface area (Å²) >= 11 is 0. The van der Waals surface area contributed by atoms with Crippen LogP contribution in [-0.4, -0.2) is 16.8 Å². The van der Waals surface area contributed by atoms with E-state index in [0.717, 1.165) is 0 Å². The van der Waals surface area contributed by atoms with Gasteiger partial charge in [0.15, 0.2) is 0 Å². The van der Waals surface area contributed by atoms with Gasteiger partial charge in [0, 0.05) is 56.7 Å². The monoisotopic (exact) mass is 298 g/mol. The average Bonchev–Trinajstić information content (AvgIpc) is 1.37. The van der Waals surface area contributed by atoms with Crippen LogP contribution in [0.25, 0.3) is 0 Å². The van der Waals surface area contributed by atoms with Crippen molar-refractivity contribution in [2.45, 2.75) is 0 Å². The van der Waals surface area contributed by atoms with Crippen LogP contribution < -0.4 is 0 Å². The molecule has 35 valence electrons. The second kappa shape index (κ2) is 15.8. The second-order valence-corrected chi connectivity index (χ2v) is 0.365. The van der Waals surface area contributed by atoms with E-state index in [1.165, 1.54) is 0 Å². The fourth-order valence-electron chi connectivity index (χ4n) is 0. The van der Waals surface area contributed by atoms with Crippen LogP contribution in [0.3, 0.4) is 0 Å². The van der Waals surface area contributed by atoms with E-state index in [9.17, 15) is 0 Å². The van der Waals surface area contributed by atoms with E-state index in [1.54, 1.807) is 0 Å². The zero-order chi connectivity index (χ0) is 3.41. The third-order valence-corrected chi connectivity index (χ3v) is 0.0816. The molecule has 2 N–H and O–H groups in total. The smallest absolute Gasteiger partial charge is 0 e. The van der Waals surface area contributed by atoms with Crippen molar-refractivity contribution >= 4 is 0 Å². The first-order chi connectivity index (χ1) is 1.91. The zero-order valence-electron chi connectivity index (χ0n) is 3.16. The first-order valence-corrected chi connectivity index (χ1v) is 0.983. The predicted octanol–water partition coefficient (Wildman–Crippen LogP) is -0.490. The van der Waals surface area contributed by atoms with Crippen LogP contribution in [0.1, 0.15) is 0 Å². The molecule has 0 unspecified atom stereocenters. The standard InChI is InChI=1S/C2H5O2.La.Mo/c3-1-2-4;;/h1,3-4H,2H2;;/q-1;;. The predicted molar refractivity (Wildman–Crippen MR) is 13.3 cm³/mol. The molecule has 0 spiro atoms. The molecule has 0 aromatic carbocycles. The van der Waals surface area contributed by atoms with Crippen LogP contribution in [0.2, 0.25) is 0 Å². The Labute approximate surface area is 79.2 Å². The topological polar surface area (TPSA) is 40.5 Å². The molecule has 0 saturated carbocycles. The van der Waals surface area contributed by atoms with Crippen LogP contribution in [0.4, 0.5) is 0 Å². The third-order valence-electron chi connectivity index (χ3n) is 0.0816. The molecule has 2 nitrogen and oxygen atoms in total. The summed E-state index contributed by atoms with van der Waals surface area (Å²) in [7, 11) is 0. The van der Waals surface area contributed by atoms with Crippen LogP contribution in [-0.2, 0) is 21.1 Å². The Hall–Kier alpha value is 1.80. The van der Waals surface area contributed by atoms with Crippen LogP contribution >= 0.6 is 0 Å². The Morgan fingerprint density at radius 3 is 1.67 bits per heavy atom. The molecule has 0 aliphatic carbocycles. The van der Waals surface area contributed by atoms with Gasteiger partial charge in [0.25, 0.3) is 0 Å². The minimum atomic E-state index is -0.250. The summed E-state index contributed by atoms with van der Waals surface area (Å²) in [5.41, 5.74) is 0. The Morgan fingerprint density at radius 1 is 1.50 bits per heavy atom. The van der Waals surface area contributed by atoms with Gasteiger partial charge >= 0.3 is 0 Å². The number of hydrogen-bond donors (Lipinski definition) is 2. The molecule has 0 aromatic rings. The first-order valence-electron chi connectivity index (χ1n) is 0.983. The quantitative estimate of drug-likeness (QED) is 0.506. The summed E-state index contributed by atoms with van der Waals surface area (Å²) in [6.45, 7) is 0.431. The van der Waals surface area contributed by atoms with E-state index in [-0.39, 0.29) is 63.3 Å². The Kier molecular flexibility index (Phi) is 41.3. The summed E-state index contributed by atoms with van der Waals surface area (Å²) < 4.78 is 0. The molecule has 0 amide bonds.